The van der Waals surface area contributed by atoms with E-state index in [0.717, 1.165) is 0 Å². The summed E-state index contributed by atoms with van der Waals surface area (Å²) in [4.78, 5) is 10.5. The second-order valence-electron chi connectivity index (χ2n) is 2.95. The average Bonchev–Trinajstić information content (AvgIpc) is 2.02. The molecule has 13 heavy (non-hydrogen) atoms. The first kappa shape index (κ1) is 12.6. The summed E-state index contributed by atoms with van der Waals surface area (Å²) >= 11 is 0. The Hall–Kier alpha value is -0.420. The molecule has 78 valence electrons. The summed E-state index contributed by atoms with van der Waals surface area (Å²) in [6, 6.07) is 0. The highest BCUT2D eigenvalue weighted by Crippen LogP contribution is 1.97. The molecule has 0 aromatic heterocycles. The lowest BCUT2D eigenvalue weighted by Crippen LogP contribution is -2.14. The van der Waals surface area contributed by atoms with Gasteiger partial charge < -0.3 is 4.74 Å². The van der Waals surface area contributed by atoms with Crippen molar-refractivity contribution in [1.29, 1.82) is 0 Å². The number of ether oxygens (including phenoxy) is 1. The minimum absolute atomic E-state index is 0.0357. The normalized spacial score (nSPS) is 11.5. The molecule has 0 amide bonds. The number of methoxy groups -OCH3 is 1. The highest BCUT2D eigenvalue weighted by molar-refractivity contribution is 7.91. The van der Waals surface area contributed by atoms with E-state index in [1.54, 1.807) is 0 Å². The Balaban J connectivity index is 3.74. The predicted octanol–water partition coefficient (Wildman–Crippen LogP) is 0.417. The van der Waals surface area contributed by atoms with Gasteiger partial charge in [-0.1, -0.05) is 0 Å². The highest BCUT2D eigenvalue weighted by Gasteiger charge is 2.10. The van der Waals surface area contributed by atoms with E-state index in [-0.39, 0.29) is 23.7 Å². The number of sulfone groups is 1. The van der Waals surface area contributed by atoms with E-state index in [0.29, 0.717) is 13.0 Å². The predicted molar refractivity (Wildman–Crippen MR) is 50.4 cm³/mol. The van der Waals surface area contributed by atoms with Crippen LogP contribution in [0.5, 0.6) is 0 Å². The van der Waals surface area contributed by atoms with Crippen LogP contribution in [0, 0.1) is 0 Å². The molecule has 0 aromatic carbocycles. The number of carbonyl (C=O) groups is 1. The monoisotopic (exact) mass is 208 g/mol. The third-order valence-electron chi connectivity index (χ3n) is 1.57. The van der Waals surface area contributed by atoms with Gasteiger partial charge in [-0.05, 0) is 13.3 Å². The van der Waals surface area contributed by atoms with Gasteiger partial charge >= 0.3 is 0 Å². The van der Waals surface area contributed by atoms with Crippen LogP contribution in [0.3, 0.4) is 0 Å². The van der Waals surface area contributed by atoms with Crippen LogP contribution in [0.4, 0.5) is 0 Å². The lowest BCUT2D eigenvalue weighted by atomic mass is 10.4. The van der Waals surface area contributed by atoms with E-state index >= 15 is 0 Å². The summed E-state index contributed by atoms with van der Waals surface area (Å²) in [5, 5.41) is 0. The zero-order chi connectivity index (χ0) is 10.3. The van der Waals surface area contributed by atoms with E-state index in [1.165, 1.54) is 14.0 Å². The van der Waals surface area contributed by atoms with E-state index in [1.807, 2.05) is 0 Å². The summed E-state index contributed by atoms with van der Waals surface area (Å²) < 4.78 is 27.1. The minimum Gasteiger partial charge on any atom is -0.385 e. The first-order valence-corrected chi connectivity index (χ1v) is 5.99. The van der Waals surface area contributed by atoms with Gasteiger partial charge in [0.1, 0.15) is 5.78 Å². The second-order valence-corrected chi connectivity index (χ2v) is 5.25. The third kappa shape index (κ3) is 7.93. The van der Waals surface area contributed by atoms with Crippen molar-refractivity contribution in [3.63, 3.8) is 0 Å². The van der Waals surface area contributed by atoms with Gasteiger partial charge in [0.15, 0.2) is 9.84 Å². The van der Waals surface area contributed by atoms with Crippen LogP contribution in [0.15, 0.2) is 0 Å². The number of carbonyl (C=O) groups excluding carboxylic acids is 1. The Morgan fingerprint density at radius 3 is 2.38 bits per heavy atom. The summed E-state index contributed by atoms with van der Waals surface area (Å²) in [5.74, 6) is -0.0181. The Morgan fingerprint density at radius 1 is 1.31 bits per heavy atom. The number of Topliss-reactive ketones (excluding diaryl/α,β-unsaturated/α-hetero) is 1. The van der Waals surface area contributed by atoms with Gasteiger partial charge in [0.25, 0.3) is 0 Å². The van der Waals surface area contributed by atoms with Crippen molar-refractivity contribution in [2.24, 2.45) is 0 Å². The Labute approximate surface area is 79.2 Å². The first-order chi connectivity index (χ1) is 5.98. The highest BCUT2D eigenvalue weighted by atomic mass is 32.2. The summed E-state index contributed by atoms with van der Waals surface area (Å²) in [7, 11) is -1.52. The molecule has 0 saturated carbocycles. The fourth-order valence-corrected chi connectivity index (χ4v) is 2.18. The van der Waals surface area contributed by atoms with Crippen molar-refractivity contribution in [3.8, 4) is 0 Å². The molecule has 5 heteroatoms. The summed E-state index contributed by atoms with van der Waals surface area (Å²) in [6.45, 7) is 1.84. The maximum absolute atomic E-state index is 11.2. The lowest BCUT2D eigenvalue weighted by Gasteiger charge is -2.01. The molecule has 0 fully saturated rings. The van der Waals surface area contributed by atoms with Crippen molar-refractivity contribution in [3.05, 3.63) is 0 Å². The molecule has 0 aromatic rings. The molecule has 0 aliphatic rings. The maximum atomic E-state index is 11.2. The molecule has 0 atom stereocenters. The first-order valence-electron chi connectivity index (χ1n) is 4.17. The smallest absolute Gasteiger partial charge is 0.150 e. The largest absolute Gasteiger partial charge is 0.385 e. The molecule has 0 aliphatic heterocycles. The fraction of sp³-hybridized carbons (Fsp3) is 0.875. The molecule has 0 rings (SSSR count). The van der Waals surface area contributed by atoms with Crippen molar-refractivity contribution >= 4 is 15.6 Å². The number of hydrogen-bond donors (Lipinski definition) is 0. The minimum atomic E-state index is -3.05. The quantitative estimate of drug-likeness (QED) is 0.569. The van der Waals surface area contributed by atoms with Crippen LogP contribution in [-0.4, -0.2) is 39.4 Å². The van der Waals surface area contributed by atoms with Crippen LogP contribution in [0.25, 0.3) is 0 Å². The molecule has 4 nitrogen and oxygen atoms in total. The van der Waals surface area contributed by atoms with Gasteiger partial charge in [0, 0.05) is 20.1 Å². The molecule has 0 aliphatic carbocycles. The number of ketones is 1. The summed E-state index contributed by atoms with van der Waals surface area (Å²) in [6.07, 6.45) is 0.617. The molecule has 0 heterocycles. The van der Waals surface area contributed by atoms with Gasteiger partial charge in [-0.2, -0.15) is 0 Å². The molecule has 0 N–H and O–H groups in total. The van der Waals surface area contributed by atoms with Gasteiger partial charge in [0.2, 0.25) is 0 Å². The maximum Gasteiger partial charge on any atom is 0.150 e. The molecule has 0 spiro atoms. The fourth-order valence-electron chi connectivity index (χ4n) is 0.824. The van der Waals surface area contributed by atoms with Gasteiger partial charge in [0.05, 0.1) is 11.5 Å². The van der Waals surface area contributed by atoms with Gasteiger partial charge in [-0.15, -0.1) is 0 Å². The topological polar surface area (TPSA) is 60.4 Å². The van der Waals surface area contributed by atoms with Crippen LogP contribution in [0.1, 0.15) is 19.8 Å². The van der Waals surface area contributed by atoms with Crippen LogP contribution in [0.2, 0.25) is 0 Å². The molecule has 0 saturated heterocycles. The van der Waals surface area contributed by atoms with Crippen molar-refractivity contribution < 1.29 is 17.9 Å². The van der Waals surface area contributed by atoms with Gasteiger partial charge in [-0.3, -0.25) is 4.79 Å². The lowest BCUT2D eigenvalue weighted by molar-refractivity contribution is -0.116. The second kappa shape index (κ2) is 6.10. The summed E-state index contributed by atoms with van der Waals surface area (Å²) in [5.41, 5.74) is 0. The van der Waals surface area contributed by atoms with E-state index < -0.39 is 9.84 Å². The van der Waals surface area contributed by atoms with Crippen LogP contribution < -0.4 is 0 Å². The Bertz CT molecular complexity index is 243. The van der Waals surface area contributed by atoms with Crippen LogP contribution in [-0.2, 0) is 19.4 Å². The third-order valence-corrected chi connectivity index (χ3v) is 3.31. The van der Waals surface area contributed by atoms with E-state index in [9.17, 15) is 13.2 Å². The SMILES string of the molecule is COCCCS(=O)(=O)CCC(C)=O. The Kier molecular flexibility index (Phi) is 5.90. The molecule has 0 radical (unpaired) electrons. The molecular weight excluding hydrogens is 192 g/mol. The molecule has 0 unspecified atom stereocenters. The van der Waals surface area contributed by atoms with Gasteiger partial charge in [-0.25, -0.2) is 8.42 Å². The average molecular weight is 208 g/mol. The van der Waals surface area contributed by atoms with Crippen molar-refractivity contribution in [2.45, 2.75) is 19.8 Å². The zero-order valence-corrected chi connectivity index (χ0v) is 8.89. The zero-order valence-electron chi connectivity index (χ0n) is 8.08. The molecular formula is C8H16O4S. The van der Waals surface area contributed by atoms with E-state index in [4.69, 9.17) is 4.74 Å². The number of rotatable bonds is 7. The van der Waals surface area contributed by atoms with E-state index in [2.05, 4.69) is 0 Å². The van der Waals surface area contributed by atoms with Crippen LogP contribution >= 0.6 is 0 Å². The van der Waals surface area contributed by atoms with Crippen molar-refractivity contribution in [2.75, 3.05) is 25.2 Å². The standard InChI is InChI=1S/C8H16O4S/c1-8(9)4-7-13(10,11)6-3-5-12-2/h3-7H2,1-2H3. The molecule has 0 bridgehead atoms. The van der Waals surface area contributed by atoms with Crippen molar-refractivity contribution in [1.82, 2.24) is 0 Å². The number of hydrogen-bond acceptors (Lipinski definition) is 4. The Morgan fingerprint density at radius 2 is 1.92 bits per heavy atom.